The summed E-state index contributed by atoms with van der Waals surface area (Å²) in [6.45, 7) is 6.51. The second kappa shape index (κ2) is 5.95. The van der Waals surface area contributed by atoms with Crippen molar-refractivity contribution in [1.82, 2.24) is 0 Å². The molecule has 1 aromatic carbocycles. The van der Waals surface area contributed by atoms with Gasteiger partial charge in [0.15, 0.2) is 0 Å². The van der Waals surface area contributed by atoms with E-state index in [0.29, 0.717) is 17.4 Å². The van der Waals surface area contributed by atoms with Crippen LogP contribution in [-0.2, 0) is 4.74 Å². The Kier molecular flexibility index (Phi) is 4.50. The first kappa shape index (κ1) is 14.4. The summed E-state index contributed by atoms with van der Waals surface area (Å²) in [5, 5.41) is 11.9. The number of hydrogen-bond acceptors (Lipinski definition) is 3. The number of furan rings is 1. The van der Waals surface area contributed by atoms with Gasteiger partial charge in [-0.25, -0.2) is 0 Å². The molecule has 0 saturated carbocycles. The van der Waals surface area contributed by atoms with Crippen LogP contribution in [0.5, 0.6) is 0 Å². The molecular weight excluding hydrogens is 264 g/mol. The van der Waals surface area contributed by atoms with E-state index < -0.39 is 6.10 Å². The van der Waals surface area contributed by atoms with Gasteiger partial charge in [0.25, 0.3) is 0 Å². The molecule has 0 amide bonds. The Bertz CT molecular complexity index is 547. The Morgan fingerprint density at radius 2 is 2.05 bits per heavy atom. The number of aliphatic hydroxyl groups is 1. The minimum absolute atomic E-state index is 0.201. The molecule has 104 valence electrons. The van der Waals surface area contributed by atoms with Crippen molar-refractivity contribution in [1.29, 1.82) is 0 Å². The highest BCUT2D eigenvalue weighted by molar-refractivity contribution is 6.31. The summed E-state index contributed by atoms with van der Waals surface area (Å²) < 4.78 is 11.3. The van der Waals surface area contributed by atoms with Crippen LogP contribution < -0.4 is 0 Å². The van der Waals surface area contributed by atoms with Crippen molar-refractivity contribution in [2.24, 2.45) is 5.92 Å². The third kappa shape index (κ3) is 3.11. The SMILES string of the molecule is CCOC(C(C)C)C(O)c1cc2cc(Cl)ccc2o1. The molecule has 2 atom stereocenters. The maximum absolute atomic E-state index is 10.4. The highest BCUT2D eigenvalue weighted by atomic mass is 35.5. The van der Waals surface area contributed by atoms with Gasteiger partial charge in [-0.15, -0.1) is 0 Å². The second-order valence-corrected chi connectivity index (χ2v) is 5.38. The number of rotatable bonds is 5. The lowest BCUT2D eigenvalue weighted by Crippen LogP contribution is -2.27. The average molecular weight is 283 g/mol. The van der Waals surface area contributed by atoms with Gasteiger partial charge in [0.05, 0.1) is 6.10 Å². The van der Waals surface area contributed by atoms with Crippen LogP contribution in [0.15, 0.2) is 28.7 Å². The Morgan fingerprint density at radius 3 is 2.68 bits per heavy atom. The molecule has 0 aliphatic heterocycles. The molecule has 19 heavy (non-hydrogen) atoms. The molecule has 2 rings (SSSR count). The third-order valence-corrected chi connectivity index (χ3v) is 3.35. The van der Waals surface area contributed by atoms with Crippen LogP contribution in [0.2, 0.25) is 5.02 Å². The molecule has 2 aromatic rings. The number of hydrogen-bond donors (Lipinski definition) is 1. The van der Waals surface area contributed by atoms with Crippen LogP contribution in [0.3, 0.4) is 0 Å². The zero-order valence-electron chi connectivity index (χ0n) is 11.4. The summed E-state index contributed by atoms with van der Waals surface area (Å²) in [4.78, 5) is 0. The van der Waals surface area contributed by atoms with Crippen LogP contribution in [0.25, 0.3) is 11.0 Å². The first-order valence-corrected chi connectivity index (χ1v) is 6.89. The molecule has 1 aromatic heterocycles. The van der Waals surface area contributed by atoms with Gasteiger partial charge in [0.1, 0.15) is 17.4 Å². The fraction of sp³-hybridized carbons (Fsp3) is 0.467. The van der Waals surface area contributed by atoms with Gasteiger partial charge < -0.3 is 14.3 Å². The summed E-state index contributed by atoms with van der Waals surface area (Å²) >= 11 is 5.94. The van der Waals surface area contributed by atoms with Crippen molar-refractivity contribution < 1.29 is 14.3 Å². The molecular formula is C15H19ClO3. The van der Waals surface area contributed by atoms with Gasteiger partial charge in [-0.3, -0.25) is 0 Å². The maximum Gasteiger partial charge on any atom is 0.138 e. The Balaban J connectivity index is 2.31. The topological polar surface area (TPSA) is 42.6 Å². The van der Waals surface area contributed by atoms with Crippen molar-refractivity contribution in [3.63, 3.8) is 0 Å². The number of aliphatic hydroxyl groups excluding tert-OH is 1. The van der Waals surface area contributed by atoms with Crippen molar-refractivity contribution in [3.8, 4) is 0 Å². The molecule has 1 N–H and O–H groups in total. The highest BCUT2D eigenvalue weighted by Gasteiger charge is 2.27. The van der Waals surface area contributed by atoms with Crippen LogP contribution in [0, 0.1) is 5.92 Å². The summed E-state index contributed by atoms with van der Waals surface area (Å²) in [6, 6.07) is 7.22. The maximum atomic E-state index is 10.4. The van der Waals surface area contributed by atoms with Crippen molar-refractivity contribution >= 4 is 22.6 Å². The zero-order chi connectivity index (χ0) is 14.0. The van der Waals surface area contributed by atoms with E-state index in [1.807, 2.05) is 32.9 Å². The predicted molar refractivity (Wildman–Crippen MR) is 76.4 cm³/mol. The number of halogens is 1. The van der Waals surface area contributed by atoms with E-state index in [0.717, 1.165) is 11.0 Å². The van der Waals surface area contributed by atoms with E-state index in [4.69, 9.17) is 20.8 Å². The van der Waals surface area contributed by atoms with E-state index in [2.05, 4.69) is 0 Å². The summed E-state index contributed by atoms with van der Waals surface area (Å²) in [5.41, 5.74) is 0.720. The molecule has 0 fully saturated rings. The Labute approximate surface area is 118 Å². The first-order valence-electron chi connectivity index (χ1n) is 6.51. The van der Waals surface area contributed by atoms with Crippen molar-refractivity contribution in [3.05, 3.63) is 35.0 Å². The monoisotopic (exact) mass is 282 g/mol. The van der Waals surface area contributed by atoms with Gasteiger partial charge >= 0.3 is 0 Å². The predicted octanol–water partition coefficient (Wildman–Crippen LogP) is 4.18. The van der Waals surface area contributed by atoms with E-state index >= 15 is 0 Å². The standard InChI is InChI=1S/C15H19ClO3/c1-4-18-15(9(2)3)14(17)13-8-10-7-11(16)5-6-12(10)19-13/h5-9,14-15,17H,4H2,1-3H3. The zero-order valence-corrected chi connectivity index (χ0v) is 12.1. The lowest BCUT2D eigenvalue weighted by atomic mass is 10.00. The molecule has 1 heterocycles. The van der Waals surface area contributed by atoms with Gasteiger partial charge in [-0.2, -0.15) is 0 Å². The van der Waals surface area contributed by atoms with E-state index in [1.54, 1.807) is 12.1 Å². The van der Waals surface area contributed by atoms with Crippen molar-refractivity contribution in [2.45, 2.75) is 33.0 Å². The number of benzene rings is 1. The van der Waals surface area contributed by atoms with Crippen LogP contribution in [0.1, 0.15) is 32.6 Å². The number of fused-ring (bicyclic) bond motifs is 1. The van der Waals surface area contributed by atoms with Crippen LogP contribution in [-0.4, -0.2) is 17.8 Å². The van der Waals surface area contributed by atoms with Gasteiger partial charge in [0, 0.05) is 17.0 Å². The molecule has 4 heteroatoms. The largest absolute Gasteiger partial charge is 0.458 e. The van der Waals surface area contributed by atoms with Gasteiger partial charge in [-0.1, -0.05) is 25.4 Å². The van der Waals surface area contributed by atoms with Gasteiger partial charge in [-0.05, 0) is 37.1 Å². The molecule has 3 nitrogen and oxygen atoms in total. The first-order chi connectivity index (χ1) is 9.02. The molecule has 0 spiro atoms. The molecule has 0 aliphatic carbocycles. The third-order valence-electron chi connectivity index (χ3n) is 3.12. The molecule has 0 aliphatic rings. The lowest BCUT2D eigenvalue weighted by molar-refractivity contribution is -0.0657. The molecule has 0 saturated heterocycles. The summed E-state index contributed by atoms with van der Waals surface area (Å²) in [6.07, 6.45) is -1.05. The van der Waals surface area contributed by atoms with E-state index in [-0.39, 0.29) is 12.0 Å². The number of ether oxygens (including phenoxy) is 1. The summed E-state index contributed by atoms with van der Waals surface area (Å²) in [5.74, 6) is 0.719. The smallest absolute Gasteiger partial charge is 0.138 e. The normalized spacial score (nSPS) is 15.1. The van der Waals surface area contributed by atoms with E-state index in [9.17, 15) is 5.11 Å². The average Bonchev–Trinajstić information content (AvgIpc) is 2.77. The molecule has 0 radical (unpaired) electrons. The fourth-order valence-electron chi connectivity index (χ4n) is 2.18. The quantitative estimate of drug-likeness (QED) is 0.894. The van der Waals surface area contributed by atoms with Crippen LogP contribution >= 0.6 is 11.6 Å². The molecule has 2 unspecified atom stereocenters. The van der Waals surface area contributed by atoms with Crippen LogP contribution in [0.4, 0.5) is 0 Å². The van der Waals surface area contributed by atoms with E-state index in [1.165, 1.54) is 0 Å². The van der Waals surface area contributed by atoms with Crippen molar-refractivity contribution in [2.75, 3.05) is 6.61 Å². The fourth-order valence-corrected chi connectivity index (χ4v) is 2.36. The minimum Gasteiger partial charge on any atom is -0.458 e. The summed E-state index contributed by atoms with van der Waals surface area (Å²) in [7, 11) is 0. The second-order valence-electron chi connectivity index (χ2n) is 4.94. The lowest BCUT2D eigenvalue weighted by Gasteiger charge is -2.24. The molecule has 0 bridgehead atoms. The highest BCUT2D eigenvalue weighted by Crippen LogP contribution is 2.30. The minimum atomic E-state index is -0.772. The van der Waals surface area contributed by atoms with Gasteiger partial charge in [0.2, 0.25) is 0 Å². The Morgan fingerprint density at radius 1 is 1.32 bits per heavy atom. The Hall–Kier alpha value is -1.03.